The lowest BCUT2D eigenvalue weighted by atomic mass is 10.1. The summed E-state index contributed by atoms with van der Waals surface area (Å²) in [5.41, 5.74) is 4.03. The molecule has 2 N–H and O–H groups in total. The monoisotopic (exact) mass is 387 g/mol. The standard InChI is InChI=1S/C22H21N5O2/c1-28-19-11-8-15(12-20(19)29-2)17-9-10-18-22(26-17)27-21(13-23-18)25-14-24-16-6-4-3-5-7-16/h3-13,24H,14H2,1-2H3,(H,25,26,27). The van der Waals surface area contributed by atoms with Crippen LogP contribution in [0.15, 0.2) is 66.9 Å². The molecule has 4 aromatic rings. The zero-order chi connectivity index (χ0) is 20.1. The first-order valence-corrected chi connectivity index (χ1v) is 9.16. The van der Waals surface area contributed by atoms with Gasteiger partial charge in [-0.1, -0.05) is 18.2 Å². The van der Waals surface area contributed by atoms with Gasteiger partial charge in [-0.3, -0.25) is 0 Å². The second-order valence-corrected chi connectivity index (χ2v) is 6.26. The third-order valence-electron chi connectivity index (χ3n) is 4.42. The number of para-hydroxylation sites is 1. The Morgan fingerprint density at radius 3 is 2.45 bits per heavy atom. The minimum absolute atomic E-state index is 0.527. The summed E-state index contributed by atoms with van der Waals surface area (Å²) < 4.78 is 10.7. The maximum absolute atomic E-state index is 5.39. The van der Waals surface area contributed by atoms with E-state index >= 15 is 0 Å². The molecule has 29 heavy (non-hydrogen) atoms. The number of methoxy groups -OCH3 is 2. The summed E-state index contributed by atoms with van der Waals surface area (Å²) in [6, 6.07) is 19.5. The van der Waals surface area contributed by atoms with Crippen LogP contribution in [0.4, 0.5) is 11.5 Å². The van der Waals surface area contributed by atoms with E-state index < -0.39 is 0 Å². The largest absolute Gasteiger partial charge is 0.493 e. The molecule has 0 radical (unpaired) electrons. The van der Waals surface area contributed by atoms with E-state index in [-0.39, 0.29) is 0 Å². The number of aromatic nitrogens is 3. The first-order valence-electron chi connectivity index (χ1n) is 9.16. The first kappa shape index (κ1) is 18.5. The molecule has 4 rings (SSSR count). The first-order chi connectivity index (χ1) is 14.3. The third-order valence-corrected chi connectivity index (χ3v) is 4.42. The highest BCUT2D eigenvalue weighted by Crippen LogP contribution is 2.32. The maximum Gasteiger partial charge on any atom is 0.180 e. The van der Waals surface area contributed by atoms with E-state index in [1.165, 1.54) is 0 Å². The molecule has 0 saturated heterocycles. The lowest BCUT2D eigenvalue weighted by molar-refractivity contribution is 0.355. The molecule has 0 fully saturated rings. The van der Waals surface area contributed by atoms with Crippen LogP contribution in [-0.4, -0.2) is 35.8 Å². The molecule has 7 heteroatoms. The van der Waals surface area contributed by atoms with Crippen molar-refractivity contribution in [3.8, 4) is 22.8 Å². The average Bonchev–Trinajstić information content (AvgIpc) is 2.79. The minimum atomic E-state index is 0.527. The van der Waals surface area contributed by atoms with Crippen LogP contribution in [0.2, 0.25) is 0 Å². The number of nitrogens with one attached hydrogen (secondary N) is 2. The molecule has 2 aromatic carbocycles. The second kappa shape index (κ2) is 8.43. The summed E-state index contributed by atoms with van der Waals surface area (Å²) in [5.74, 6) is 1.98. The van der Waals surface area contributed by atoms with Crippen molar-refractivity contribution in [1.29, 1.82) is 0 Å². The van der Waals surface area contributed by atoms with Gasteiger partial charge >= 0.3 is 0 Å². The smallest absolute Gasteiger partial charge is 0.180 e. The summed E-state index contributed by atoms with van der Waals surface area (Å²) in [6.07, 6.45) is 1.70. The third kappa shape index (κ3) is 4.19. The molecule has 0 aliphatic carbocycles. The molecule has 0 spiro atoms. The van der Waals surface area contributed by atoms with Crippen LogP contribution >= 0.6 is 0 Å². The van der Waals surface area contributed by atoms with Gasteiger partial charge in [0.2, 0.25) is 0 Å². The van der Waals surface area contributed by atoms with Crippen LogP contribution in [0.25, 0.3) is 22.4 Å². The molecule has 2 aromatic heterocycles. The zero-order valence-electron chi connectivity index (χ0n) is 16.2. The topological polar surface area (TPSA) is 81.2 Å². The van der Waals surface area contributed by atoms with Gasteiger partial charge in [-0.2, -0.15) is 0 Å². The van der Waals surface area contributed by atoms with Crippen molar-refractivity contribution >= 4 is 22.7 Å². The number of nitrogens with zero attached hydrogens (tertiary/aromatic N) is 3. The van der Waals surface area contributed by atoms with E-state index in [2.05, 4.69) is 25.6 Å². The molecular formula is C22H21N5O2. The van der Waals surface area contributed by atoms with Gasteiger partial charge in [-0.05, 0) is 42.5 Å². The van der Waals surface area contributed by atoms with E-state index in [1.54, 1.807) is 20.4 Å². The van der Waals surface area contributed by atoms with Crippen LogP contribution in [0.5, 0.6) is 11.5 Å². The van der Waals surface area contributed by atoms with Crippen molar-refractivity contribution in [2.75, 3.05) is 31.5 Å². The number of hydrogen-bond donors (Lipinski definition) is 2. The fourth-order valence-corrected chi connectivity index (χ4v) is 2.93. The molecule has 0 amide bonds. The summed E-state index contributed by atoms with van der Waals surface area (Å²) in [7, 11) is 3.23. The Morgan fingerprint density at radius 2 is 1.66 bits per heavy atom. The highest BCUT2D eigenvalue weighted by atomic mass is 16.5. The molecule has 0 aliphatic rings. The zero-order valence-corrected chi connectivity index (χ0v) is 16.2. The van der Waals surface area contributed by atoms with Crippen molar-refractivity contribution in [3.63, 3.8) is 0 Å². The van der Waals surface area contributed by atoms with Crippen LogP contribution in [0.3, 0.4) is 0 Å². The van der Waals surface area contributed by atoms with Crippen molar-refractivity contribution in [3.05, 3.63) is 66.9 Å². The molecule has 146 valence electrons. The molecule has 7 nitrogen and oxygen atoms in total. The second-order valence-electron chi connectivity index (χ2n) is 6.26. The van der Waals surface area contributed by atoms with E-state index in [9.17, 15) is 0 Å². The molecular weight excluding hydrogens is 366 g/mol. The van der Waals surface area contributed by atoms with Gasteiger partial charge in [0.05, 0.1) is 32.8 Å². The Morgan fingerprint density at radius 1 is 0.828 bits per heavy atom. The van der Waals surface area contributed by atoms with E-state index in [0.29, 0.717) is 29.6 Å². The number of benzene rings is 2. The lowest BCUT2D eigenvalue weighted by Crippen LogP contribution is -2.12. The number of hydrogen-bond acceptors (Lipinski definition) is 7. The van der Waals surface area contributed by atoms with Crippen molar-refractivity contribution in [2.45, 2.75) is 0 Å². The van der Waals surface area contributed by atoms with Crippen molar-refractivity contribution in [2.24, 2.45) is 0 Å². The normalized spacial score (nSPS) is 10.6. The Kier molecular flexibility index (Phi) is 5.38. The SMILES string of the molecule is COc1ccc(-c2ccc3ncc(NCNc4ccccc4)nc3n2)cc1OC. The lowest BCUT2D eigenvalue weighted by Gasteiger charge is -2.10. The van der Waals surface area contributed by atoms with Crippen LogP contribution in [-0.2, 0) is 0 Å². The number of fused-ring (bicyclic) bond motifs is 1. The number of ether oxygens (including phenoxy) is 2. The summed E-state index contributed by atoms with van der Waals surface area (Å²) in [6.45, 7) is 0.527. The van der Waals surface area contributed by atoms with Crippen LogP contribution < -0.4 is 20.1 Å². The number of pyridine rings is 1. The maximum atomic E-state index is 5.39. The van der Waals surface area contributed by atoms with Gasteiger partial charge < -0.3 is 20.1 Å². The quantitative estimate of drug-likeness (QED) is 0.460. The Bertz CT molecular complexity index is 1120. The number of anilines is 2. The fourth-order valence-electron chi connectivity index (χ4n) is 2.93. The van der Waals surface area contributed by atoms with Crippen LogP contribution in [0.1, 0.15) is 0 Å². The van der Waals surface area contributed by atoms with Gasteiger partial charge in [-0.25, -0.2) is 15.0 Å². The van der Waals surface area contributed by atoms with Crippen molar-refractivity contribution < 1.29 is 9.47 Å². The van der Waals surface area contributed by atoms with Gasteiger partial charge in [-0.15, -0.1) is 0 Å². The summed E-state index contributed by atoms with van der Waals surface area (Å²) >= 11 is 0. The highest BCUT2D eigenvalue weighted by Gasteiger charge is 2.09. The van der Waals surface area contributed by atoms with Gasteiger partial charge in [0.25, 0.3) is 0 Å². The molecule has 2 heterocycles. The van der Waals surface area contributed by atoms with E-state index in [4.69, 9.17) is 9.47 Å². The Hall–Kier alpha value is -3.87. The molecule has 0 atom stereocenters. The van der Waals surface area contributed by atoms with Crippen molar-refractivity contribution in [1.82, 2.24) is 15.0 Å². The molecule has 0 unspecified atom stereocenters. The van der Waals surface area contributed by atoms with Crippen LogP contribution in [0, 0.1) is 0 Å². The molecule has 0 saturated carbocycles. The molecule has 0 aliphatic heterocycles. The highest BCUT2D eigenvalue weighted by molar-refractivity contribution is 5.76. The van der Waals surface area contributed by atoms with Gasteiger partial charge in [0.1, 0.15) is 11.3 Å². The van der Waals surface area contributed by atoms with E-state index in [1.807, 2.05) is 60.7 Å². The van der Waals surface area contributed by atoms with E-state index in [0.717, 1.165) is 22.5 Å². The Balaban J connectivity index is 1.55. The minimum Gasteiger partial charge on any atom is -0.493 e. The van der Waals surface area contributed by atoms with Gasteiger partial charge in [0, 0.05) is 11.3 Å². The average molecular weight is 387 g/mol. The summed E-state index contributed by atoms with van der Waals surface area (Å²) in [4.78, 5) is 13.7. The predicted molar refractivity (Wildman–Crippen MR) is 114 cm³/mol. The number of rotatable bonds is 7. The predicted octanol–water partition coefficient (Wildman–Crippen LogP) is 4.19. The molecule has 0 bridgehead atoms. The fraction of sp³-hybridized carbons (Fsp3) is 0.136. The Labute approximate surface area is 168 Å². The summed E-state index contributed by atoms with van der Waals surface area (Å²) in [5, 5.41) is 6.49. The van der Waals surface area contributed by atoms with Gasteiger partial charge in [0.15, 0.2) is 17.1 Å².